The van der Waals surface area contributed by atoms with Gasteiger partial charge in [-0.05, 0) is 48.9 Å². The van der Waals surface area contributed by atoms with Crippen LogP contribution in [0.5, 0.6) is 0 Å². The highest BCUT2D eigenvalue weighted by molar-refractivity contribution is 5.82. The lowest BCUT2D eigenvalue weighted by Gasteiger charge is -2.11. The maximum atomic E-state index is 12.5. The maximum absolute atomic E-state index is 12.5. The zero-order chi connectivity index (χ0) is 21.3. The molecule has 5 heteroatoms. The van der Waals surface area contributed by atoms with Crippen molar-refractivity contribution in [1.29, 1.82) is 0 Å². The Morgan fingerprint density at radius 3 is 2.47 bits per heavy atom. The molecule has 3 rings (SSSR count). The number of aromatic nitrogens is 1. The number of carbonyl (C=O) groups is 2. The first-order valence-corrected chi connectivity index (χ1v) is 11.2. The summed E-state index contributed by atoms with van der Waals surface area (Å²) in [7, 11) is 0. The quantitative estimate of drug-likeness (QED) is 0.588. The molecule has 0 bridgehead atoms. The number of unbranched alkanes of at least 4 members (excludes halogenated alkanes) is 2. The molecule has 30 heavy (non-hydrogen) atoms. The summed E-state index contributed by atoms with van der Waals surface area (Å²) >= 11 is 0. The van der Waals surface area contributed by atoms with Gasteiger partial charge in [0.1, 0.15) is 0 Å². The molecule has 0 fully saturated rings. The van der Waals surface area contributed by atoms with Gasteiger partial charge in [0.05, 0.1) is 17.8 Å². The molecule has 5 nitrogen and oxygen atoms in total. The van der Waals surface area contributed by atoms with Crippen LogP contribution in [0.1, 0.15) is 56.4 Å². The molecule has 1 heterocycles. The van der Waals surface area contributed by atoms with Gasteiger partial charge >= 0.3 is 0 Å². The van der Waals surface area contributed by atoms with Crippen molar-refractivity contribution in [2.75, 3.05) is 13.1 Å². The van der Waals surface area contributed by atoms with Gasteiger partial charge in [0.25, 0.3) is 0 Å². The van der Waals surface area contributed by atoms with Gasteiger partial charge in [-0.1, -0.05) is 51.0 Å². The Labute approximate surface area is 179 Å². The number of fused-ring (bicyclic) bond motifs is 1. The van der Waals surface area contributed by atoms with E-state index in [2.05, 4.69) is 36.6 Å². The van der Waals surface area contributed by atoms with Crippen molar-refractivity contribution in [2.45, 2.75) is 58.8 Å². The number of nitrogens with one attached hydrogen (secondary N) is 2. The topological polar surface area (TPSA) is 71.1 Å². The van der Waals surface area contributed by atoms with Crippen LogP contribution in [0.2, 0.25) is 0 Å². The molecule has 2 amide bonds. The standard InChI is InChI=1S/C25H33N3O2/c1-3-5-13-26-24(29)17-20-10-8-12-23(28-20)21-11-7-9-18-15-19(16-22(18)21)25(30)27-14-6-4-2/h7-12,19H,3-6,13-17H2,1-2H3,(H,26,29)(H,27,30). The second kappa shape index (κ2) is 10.9. The average Bonchev–Trinajstić information content (AvgIpc) is 3.19. The minimum atomic E-state index is -0.00877. The molecule has 2 aromatic rings. The summed E-state index contributed by atoms with van der Waals surface area (Å²) in [4.78, 5) is 29.5. The van der Waals surface area contributed by atoms with Gasteiger partial charge in [-0.15, -0.1) is 0 Å². The molecule has 160 valence electrons. The largest absolute Gasteiger partial charge is 0.356 e. The predicted octanol–water partition coefficient (Wildman–Crippen LogP) is 3.84. The second-order valence-electron chi connectivity index (χ2n) is 8.09. The molecule has 1 aliphatic rings. The van der Waals surface area contributed by atoms with Gasteiger partial charge in [-0.2, -0.15) is 0 Å². The van der Waals surface area contributed by atoms with Crippen LogP contribution in [0.15, 0.2) is 36.4 Å². The fourth-order valence-corrected chi connectivity index (χ4v) is 3.97. The van der Waals surface area contributed by atoms with E-state index in [1.54, 1.807) is 0 Å². The summed E-state index contributed by atoms with van der Waals surface area (Å²) in [5.74, 6) is 0.150. The Morgan fingerprint density at radius 2 is 1.70 bits per heavy atom. The Balaban J connectivity index is 1.71. The molecule has 1 aromatic heterocycles. The number of hydrogen-bond acceptors (Lipinski definition) is 3. The van der Waals surface area contributed by atoms with E-state index in [9.17, 15) is 9.59 Å². The third-order valence-corrected chi connectivity index (χ3v) is 5.67. The molecule has 0 aliphatic heterocycles. The number of amides is 2. The van der Waals surface area contributed by atoms with Crippen LogP contribution in [0.25, 0.3) is 11.3 Å². The summed E-state index contributed by atoms with van der Waals surface area (Å²) in [5.41, 5.74) is 5.16. The van der Waals surface area contributed by atoms with E-state index in [-0.39, 0.29) is 24.2 Å². The summed E-state index contributed by atoms with van der Waals surface area (Å²) in [6, 6.07) is 12.1. The van der Waals surface area contributed by atoms with Crippen molar-refractivity contribution in [3.05, 3.63) is 53.2 Å². The molecule has 1 aromatic carbocycles. The fourth-order valence-electron chi connectivity index (χ4n) is 3.97. The Hall–Kier alpha value is -2.69. The van der Waals surface area contributed by atoms with Gasteiger partial charge < -0.3 is 10.6 Å². The summed E-state index contributed by atoms with van der Waals surface area (Å²) in [5, 5.41) is 6.02. The lowest BCUT2D eigenvalue weighted by Crippen LogP contribution is -2.31. The highest BCUT2D eigenvalue weighted by atomic mass is 16.2. The zero-order valence-corrected chi connectivity index (χ0v) is 18.2. The van der Waals surface area contributed by atoms with Crippen LogP contribution in [0.3, 0.4) is 0 Å². The number of hydrogen-bond donors (Lipinski definition) is 2. The number of nitrogens with zero attached hydrogens (tertiary/aromatic N) is 1. The van der Waals surface area contributed by atoms with Crippen LogP contribution in [-0.2, 0) is 28.9 Å². The molecule has 0 radical (unpaired) electrons. The molecule has 1 atom stereocenters. The molecule has 1 aliphatic carbocycles. The van der Waals surface area contributed by atoms with E-state index >= 15 is 0 Å². The summed E-state index contributed by atoms with van der Waals surface area (Å²) < 4.78 is 0. The number of benzene rings is 1. The molecule has 1 unspecified atom stereocenters. The van der Waals surface area contributed by atoms with E-state index in [0.717, 1.165) is 62.0 Å². The van der Waals surface area contributed by atoms with Gasteiger partial charge in [-0.25, -0.2) is 0 Å². The van der Waals surface area contributed by atoms with E-state index in [1.165, 1.54) is 11.1 Å². The first-order chi connectivity index (χ1) is 14.6. The fraction of sp³-hybridized carbons (Fsp3) is 0.480. The Bertz CT molecular complexity index is 878. The lowest BCUT2D eigenvalue weighted by atomic mass is 9.99. The summed E-state index contributed by atoms with van der Waals surface area (Å²) in [6.07, 6.45) is 5.95. The van der Waals surface area contributed by atoms with Crippen LogP contribution in [0, 0.1) is 5.92 Å². The lowest BCUT2D eigenvalue weighted by molar-refractivity contribution is -0.124. The van der Waals surface area contributed by atoms with E-state index in [4.69, 9.17) is 4.98 Å². The highest BCUT2D eigenvalue weighted by Gasteiger charge is 2.29. The van der Waals surface area contributed by atoms with Gasteiger partial charge in [0.2, 0.25) is 11.8 Å². The van der Waals surface area contributed by atoms with Gasteiger partial charge in [0.15, 0.2) is 0 Å². The first kappa shape index (κ1) is 22.0. The number of carbonyl (C=O) groups excluding carboxylic acids is 2. The molecule has 0 saturated heterocycles. The summed E-state index contributed by atoms with van der Waals surface area (Å²) in [6.45, 7) is 5.69. The highest BCUT2D eigenvalue weighted by Crippen LogP contribution is 2.34. The SMILES string of the molecule is CCCCNC(=O)Cc1cccc(-c2cccc3c2CC(C(=O)NCCCC)C3)n1. The third-order valence-electron chi connectivity index (χ3n) is 5.67. The van der Waals surface area contributed by atoms with Crippen molar-refractivity contribution in [3.8, 4) is 11.3 Å². The Morgan fingerprint density at radius 1 is 0.967 bits per heavy atom. The van der Waals surface area contributed by atoms with E-state index < -0.39 is 0 Å². The van der Waals surface area contributed by atoms with Crippen molar-refractivity contribution in [2.24, 2.45) is 5.92 Å². The zero-order valence-electron chi connectivity index (χ0n) is 18.2. The van der Waals surface area contributed by atoms with Crippen molar-refractivity contribution in [3.63, 3.8) is 0 Å². The molecular weight excluding hydrogens is 374 g/mol. The van der Waals surface area contributed by atoms with Crippen LogP contribution < -0.4 is 10.6 Å². The van der Waals surface area contributed by atoms with Crippen molar-refractivity contribution in [1.82, 2.24) is 15.6 Å². The van der Waals surface area contributed by atoms with Crippen LogP contribution >= 0.6 is 0 Å². The van der Waals surface area contributed by atoms with E-state index in [1.807, 2.05) is 24.3 Å². The molecule has 0 saturated carbocycles. The van der Waals surface area contributed by atoms with Gasteiger partial charge in [0, 0.05) is 24.6 Å². The van der Waals surface area contributed by atoms with Crippen molar-refractivity contribution >= 4 is 11.8 Å². The first-order valence-electron chi connectivity index (χ1n) is 11.2. The minimum Gasteiger partial charge on any atom is -0.356 e. The van der Waals surface area contributed by atoms with Gasteiger partial charge in [-0.3, -0.25) is 14.6 Å². The molecule has 0 spiro atoms. The van der Waals surface area contributed by atoms with E-state index in [0.29, 0.717) is 6.54 Å². The number of rotatable bonds is 10. The normalized spacial score (nSPS) is 14.9. The predicted molar refractivity (Wildman–Crippen MR) is 120 cm³/mol. The number of pyridine rings is 1. The van der Waals surface area contributed by atoms with Crippen LogP contribution in [-0.4, -0.2) is 29.9 Å². The maximum Gasteiger partial charge on any atom is 0.226 e. The monoisotopic (exact) mass is 407 g/mol. The smallest absolute Gasteiger partial charge is 0.226 e. The third kappa shape index (κ3) is 5.68. The minimum absolute atomic E-state index is 0.00877. The molecular formula is C25H33N3O2. The molecule has 2 N–H and O–H groups in total. The van der Waals surface area contributed by atoms with Crippen molar-refractivity contribution < 1.29 is 9.59 Å². The second-order valence-corrected chi connectivity index (χ2v) is 8.09. The Kier molecular flexibility index (Phi) is 8.00. The van der Waals surface area contributed by atoms with Crippen LogP contribution in [0.4, 0.5) is 0 Å². The average molecular weight is 408 g/mol.